The van der Waals surface area contributed by atoms with Crippen LogP contribution in [0.5, 0.6) is 0 Å². The highest BCUT2D eigenvalue weighted by Gasteiger charge is 2.63. The number of fused-ring (bicyclic) bond motifs is 5. The molecule has 27 heavy (non-hydrogen) atoms. The number of nitrogens with zero attached hydrogens (tertiary/aromatic N) is 3. The normalized spacial score (nSPS) is 28.0. The summed E-state index contributed by atoms with van der Waals surface area (Å²) in [6.45, 7) is 0. The number of rotatable bonds is 1. The molecule has 2 aromatic rings. The van der Waals surface area contributed by atoms with Crippen molar-refractivity contribution in [2.24, 2.45) is 11.8 Å². The quantitative estimate of drug-likeness (QED) is 0.717. The van der Waals surface area contributed by atoms with E-state index in [2.05, 4.69) is 6.07 Å². The molecule has 0 radical (unpaired) electrons. The van der Waals surface area contributed by atoms with Gasteiger partial charge in [-0.1, -0.05) is 35.9 Å². The fourth-order valence-electron chi connectivity index (χ4n) is 4.55. The van der Waals surface area contributed by atoms with Crippen LogP contribution in [0.15, 0.2) is 54.7 Å². The third-order valence-corrected chi connectivity index (χ3v) is 5.93. The predicted octanol–water partition coefficient (Wildman–Crippen LogP) is 3.38. The zero-order valence-corrected chi connectivity index (χ0v) is 14.9. The second-order valence-corrected chi connectivity index (χ2v) is 7.39. The fraction of sp³-hybridized carbons (Fsp3) is 0.190. The minimum Gasteiger partial charge on any atom is -0.353 e. The van der Waals surface area contributed by atoms with Crippen molar-refractivity contribution in [2.75, 3.05) is 4.90 Å². The summed E-state index contributed by atoms with van der Waals surface area (Å²) in [5.74, 6) is -1.84. The molecular weight excluding hydrogens is 362 g/mol. The molecule has 2 amide bonds. The second kappa shape index (κ2) is 5.70. The largest absolute Gasteiger partial charge is 0.353 e. The zero-order valence-electron chi connectivity index (χ0n) is 14.1. The molecule has 5 rings (SSSR count). The average Bonchev–Trinajstić information content (AvgIpc) is 3.15. The molecule has 6 heteroatoms. The van der Waals surface area contributed by atoms with Crippen molar-refractivity contribution in [3.63, 3.8) is 0 Å². The molecule has 5 nitrogen and oxygen atoms in total. The second-order valence-electron chi connectivity index (χ2n) is 6.95. The number of imide groups is 1. The molecule has 132 valence electrons. The van der Waals surface area contributed by atoms with Crippen LogP contribution in [0.2, 0.25) is 5.02 Å². The van der Waals surface area contributed by atoms with Gasteiger partial charge in [-0.05, 0) is 41.5 Å². The molecule has 2 aromatic carbocycles. The highest BCUT2D eigenvalue weighted by Crippen LogP contribution is 2.52. The lowest BCUT2D eigenvalue weighted by Crippen LogP contribution is -2.40. The molecule has 0 aliphatic carbocycles. The zero-order chi connectivity index (χ0) is 18.7. The molecule has 3 aliphatic heterocycles. The minimum atomic E-state index is -0.681. The van der Waals surface area contributed by atoms with Crippen LogP contribution in [-0.4, -0.2) is 22.8 Å². The first-order valence-corrected chi connectivity index (χ1v) is 9.07. The molecule has 0 N–H and O–H groups in total. The summed E-state index contributed by atoms with van der Waals surface area (Å²) in [6, 6.07) is 15.7. The van der Waals surface area contributed by atoms with Crippen molar-refractivity contribution in [1.29, 1.82) is 5.26 Å². The Kier molecular flexibility index (Phi) is 3.40. The van der Waals surface area contributed by atoms with E-state index in [1.165, 1.54) is 4.90 Å². The van der Waals surface area contributed by atoms with Gasteiger partial charge in [0.05, 0.1) is 29.6 Å². The van der Waals surface area contributed by atoms with E-state index in [1.54, 1.807) is 24.3 Å². The van der Waals surface area contributed by atoms with Crippen LogP contribution in [0, 0.1) is 23.2 Å². The monoisotopic (exact) mass is 375 g/mol. The van der Waals surface area contributed by atoms with E-state index in [9.17, 15) is 14.9 Å². The van der Waals surface area contributed by atoms with Crippen LogP contribution in [0.4, 0.5) is 5.69 Å². The molecule has 2 fully saturated rings. The number of nitriles is 1. The van der Waals surface area contributed by atoms with Gasteiger partial charge in [0.25, 0.3) is 0 Å². The number of carbonyl (C=O) groups is 2. The number of hydrogen-bond acceptors (Lipinski definition) is 4. The van der Waals surface area contributed by atoms with E-state index in [4.69, 9.17) is 11.6 Å². The smallest absolute Gasteiger partial charge is 0.240 e. The van der Waals surface area contributed by atoms with Crippen molar-refractivity contribution < 1.29 is 9.59 Å². The van der Waals surface area contributed by atoms with Gasteiger partial charge in [0, 0.05) is 11.2 Å². The van der Waals surface area contributed by atoms with Crippen LogP contribution in [0.3, 0.4) is 0 Å². The number of halogens is 1. The first-order valence-electron chi connectivity index (χ1n) is 8.69. The standard InChI is InChI=1S/C21H14ClN3O2/c22-13-5-7-14(8-6-13)25-20(26)17-16(11-23)24-10-9-12-3-1-2-4-15(12)19(24)18(17)21(25)27/h1-10,16-19H. The van der Waals surface area contributed by atoms with E-state index in [1.807, 2.05) is 41.4 Å². The number of anilines is 1. The molecule has 0 saturated carbocycles. The van der Waals surface area contributed by atoms with Crippen LogP contribution < -0.4 is 4.90 Å². The first kappa shape index (κ1) is 16.1. The van der Waals surface area contributed by atoms with E-state index < -0.39 is 17.9 Å². The maximum Gasteiger partial charge on any atom is 0.240 e. The van der Waals surface area contributed by atoms with E-state index in [0.29, 0.717) is 10.7 Å². The van der Waals surface area contributed by atoms with Crippen LogP contribution >= 0.6 is 11.6 Å². The van der Waals surface area contributed by atoms with Gasteiger partial charge in [0.1, 0.15) is 6.04 Å². The van der Waals surface area contributed by atoms with E-state index in [0.717, 1.165) is 11.1 Å². The van der Waals surface area contributed by atoms with Gasteiger partial charge >= 0.3 is 0 Å². The Hall–Kier alpha value is -3.10. The lowest BCUT2D eigenvalue weighted by Gasteiger charge is -2.33. The molecule has 0 bridgehead atoms. The molecule has 3 heterocycles. The summed E-state index contributed by atoms with van der Waals surface area (Å²) in [6.07, 6.45) is 3.77. The first-order chi connectivity index (χ1) is 13.1. The van der Waals surface area contributed by atoms with Crippen molar-refractivity contribution in [1.82, 2.24) is 4.90 Å². The minimum absolute atomic E-state index is 0.259. The summed E-state index contributed by atoms with van der Waals surface area (Å²) in [5, 5.41) is 10.3. The van der Waals surface area contributed by atoms with E-state index >= 15 is 0 Å². The van der Waals surface area contributed by atoms with Gasteiger partial charge in [-0.25, -0.2) is 4.90 Å². The predicted molar refractivity (Wildman–Crippen MR) is 100 cm³/mol. The van der Waals surface area contributed by atoms with Gasteiger partial charge in [0.15, 0.2) is 0 Å². The summed E-state index contributed by atoms with van der Waals surface area (Å²) >= 11 is 5.93. The SMILES string of the molecule is N#CC1C2C(=O)N(c3ccc(Cl)cc3)C(=O)C2C2c3ccccc3C=CN12. The lowest BCUT2D eigenvalue weighted by molar-refractivity contribution is -0.123. The Balaban J connectivity index is 1.63. The molecule has 3 aliphatic rings. The average molecular weight is 376 g/mol. The number of carbonyl (C=O) groups excluding carboxylic acids is 2. The Morgan fingerprint density at radius 1 is 0.963 bits per heavy atom. The summed E-state index contributed by atoms with van der Waals surface area (Å²) in [7, 11) is 0. The molecular formula is C21H14ClN3O2. The summed E-state index contributed by atoms with van der Waals surface area (Å²) in [4.78, 5) is 29.6. The van der Waals surface area contributed by atoms with Crippen molar-refractivity contribution in [3.05, 3.63) is 70.9 Å². The number of amides is 2. The lowest BCUT2D eigenvalue weighted by atomic mass is 9.85. The van der Waals surface area contributed by atoms with Gasteiger partial charge in [-0.15, -0.1) is 0 Å². The highest BCUT2D eigenvalue weighted by molar-refractivity contribution is 6.31. The maximum absolute atomic E-state index is 13.3. The van der Waals surface area contributed by atoms with Gasteiger partial charge in [-0.2, -0.15) is 5.26 Å². The fourth-order valence-corrected chi connectivity index (χ4v) is 4.68. The summed E-state index contributed by atoms with van der Waals surface area (Å²) < 4.78 is 0. The Bertz CT molecular complexity index is 1040. The van der Waals surface area contributed by atoms with E-state index in [-0.39, 0.29) is 17.9 Å². The van der Waals surface area contributed by atoms with Crippen molar-refractivity contribution in [3.8, 4) is 6.07 Å². The summed E-state index contributed by atoms with van der Waals surface area (Å²) in [5.41, 5.74) is 2.49. The third kappa shape index (κ3) is 2.11. The maximum atomic E-state index is 13.3. The molecule has 0 spiro atoms. The van der Waals surface area contributed by atoms with Gasteiger partial charge in [0.2, 0.25) is 11.8 Å². The van der Waals surface area contributed by atoms with Crippen LogP contribution in [0.1, 0.15) is 17.2 Å². The number of hydrogen-bond donors (Lipinski definition) is 0. The molecule has 0 aromatic heterocycles. The Morgan fingerprint density at radius 2 is 1.67 bits per heavy atom. The topological polar surface area (TPSA) is 64.4 Å². The third-order valence-electron chi connectivity index (χ3n) is 5.68. The highest BCUT2D eigenvalue weighted by atomic mass is 35.5. The van der Waals surface area contributed by atoms with Crippen LogP contribution in [-0.2, 0) is 9.59 Å². The van der Waals surface area contributed by atoms with Crippen molar-refractivity contribution >= 4 is 35.2 Å². The Morgan fingerprint density at radius 3 is 2.41 bits per heavy atom. The van der Waals surface area contributed by atoms with Gasteiger partial charge < -0.3 is 4.90 Å². The van der Waals surface area contributed by atoms with Crippen LogP contribution in [0.25, 0.3) is 6.08 Å². The van der Waals surface area contributed by atoms with Crippen molar-refractivity contribution in [2.45, 2.75) is 12.1 Å². The molecule has 2 saturated heterocycles. The van der Waals surface area contributed by atoms with Gasteiger partial charge in [-0.3, -0.25) is 9.59 Å². The Labute approximate surface area is 161 Å². The molecule has 4 atom stereocenters. The number of benzene rings is 2. The molecule has 4 unspecified atom stereocenters.